The van der Waals surface area contributed by atoms with E-state index in [4.69, 9.17) is 11.6 Å². The van der Waals surface area contributed by atoms with Crippen LogP contribution in [0.5, 0.6) is 0 Å². The number of halogens is 1. The SMILES string of the molecule is O=S(=O)(NN=Cc1ccsc1)c1ccc(Cl)cc1. The van der Waals surface area contributed by atoms with E-state index < -0.39 is 10.0 Å². The molecule has 7 heteroatoms. The Balaban J connectivity index is 2.10. The molecule has 0 fully saturated rings. The number of hydrogen-bond acceptors (Lipinski definition) is 4. The monoisotopic (exact) mass is 300 g/mol. The van der Waals surface area contributed by atoms with Gasteiger partial charge >= 0.3 is 0 Å². The van der Waals surface area contributed by atoms with Crippen LogP contribution in [-0.4, -0.2) is 14.6 Å². The molecule has 1 aromatic carbocycles. The maximum atomic E-state index is 11.8. The smallest absolute Gasteiger partial charge is 0.200 e. The molecule has 0 bridgehead atoms. The Bertz CT molecular complexity index is 634. The summed E-state index contributed by atoms with van der Waals surface area (Å²) in [6, 6.07) is 7.71. The van der Waals surface area contributed by atoms with Gasteiger partial charge in [-0.05, 0) is 41.1 Å². The average molecular weight is 301 g/mol. The van der Waals surface area contributed by atoms with Crippen molar-refractivity contribution in [1.82, 2.24) is 4.83 Å². The topological polar surface area (TPSA) is 58.5 Å². The van der Waals surface area contributed by atoms with E-state index in [1.165, 1.54) is 41.8 Å². The predicted molar refractivity (Wildman–Crippen MR) is 73.7 cm³/mol. The Hall–Kier alpha value is -1.37. The summed E-state index contributed by atoms with van der Waals surface area (Å²) in [5.41, 5.74) is 0.846. The molecule has 0 aliphatic rings. The summed E-state index contributed by atoms with van der Waals surface area (Å²) >= 11 is 7.20. The molecule has 0 radical (unpaired) electrons. The molecule has 0 unspecified atom stereocenters. The van der Waals surface area contributed by atoms with E-state index in [1.54, 1.807) is 0 Å². The van der Waals surface area contributed by atoms with Crippen molar-refractivity contribution in [2.45, 2.75) is 4.90 Å². The van der Waals surface area contributed by atoms with Crippen LogP contribution < -0.4 is 4.83 Å². The molecule has 94 valence electrons. The van der Waals surface area contributed by atoms with E-state index >= 15 is 0 Å². The Labute approximate surface area is 114 Å². The van der Waals surface area contributed by atoms with Crippen molar-refractivity contribution in [2.75, 3.05) is 0 Å². The van der Waals surface area contributed by atoms with E-state index in [2.05, 4.69) is 9.93 Å². The van der Waals surface area contributed by atoms with Crippen LogP contribution in [0, 0.1) is 0 Å². The van der Waals surface area contributed by atoms with Crippen molar-refractivity contribution in [3.63, 3.8) is 0 Å². The second-order valence-electron chi connectivity index (χ2n) is 3.36. The minimum atomic E-state index is -3.63. The van der Waals surface area contributed by atoms with E-state index in [1.807, 2.05) is 16.8 Å². The van der Waals surface area contributed by atoms with Crippen LogP contribution in [0.1, 0.15) is 5.56 Å². The van der Waals surface area contributed by atoms with Crippen LogP contribution >= 0.6 is 22.9 Å². The van der Waals surface area contributed by atoms with Crippen molar-refractivity contribution in [2.24, 2.45) is 5.10 Å². The number of nitrogens with one attached hydrogen (secondary N) is 1. The van der Waals surface area contributed by atoms with E-state index in [-0.39, 0.29) is 4.90 Å². The lowest BCUT2D eigenvalue weighted by Gasteiger charge is -2.02. The number of nitrogens with zero attached hydrogens (tertiary/aromatic N) is 1. The molecule has 1 heterocycles. The summed E-state index contributed by atoms with van der Waals surface area (Å²) in [4.78, 5) is 2.26. The molecule has 0 saturated heterocycles. The number of sulfonamides is 1. The van der Waals surface area contributed by atoms with Crippen LogP contribution in [0.25, 0.3) is 0 Å². The molecule has 1 aromatic heterocycles. The molecule has 1 N–H and O–H groups in total. The van der Waals surface area contributed by atoms with Crippen molar-refractivity contribution in [3.8, 4) is 0 Å². The van der Waals surface area contributed by atoms with Crippen LogP contribution in [0.15, 0.2) is 51.1 Å². The van der Waals surface area contributed by atoms with Gasteiger partial charge in [-0.25, -0.2) is 4.83 Å². The molecule has 2 aromatic rings. The third-order valence-electron chi connectivity index (χ3n) is 2.05. The Morgan fingerprint density at radius 3 is 2.56 bits per heavy atom. The Kier molecular flexibility index (Phi) is 4.00. The van der Waals surface area contributed by atoms with Crippen molar-refractivity contribution in [3.05, 3.63) is 51.7 Å². The third-order valence-corrected chi connectivity index (χ3v) is 4.25. The van der Waals surface area contributed by atoms with Gasteiger partial charge in [-0.3, -0.25) is 0 Å². The van der Waals surface area contributed by atoms with Crippen molar-refractivity contribution < 1.29 is 8.42 Å². The first kappa shape index (κ1) is 13.1. The summed E-state index contributed by atoms with van der Waals surface area (Å²) < 4.78 is 23.6. The van der Waals surface area contributed by atoms with Gasteiger partial charge in [0.2, 0.25) is 0 Å². The van der Waals surface area contributed by atoms with Crippen LogP contribution in [0.2, 0.25) is 5.02 Å². The summed E-state index contributed by atoms with van der Waals surface area (Å²) in [6.07, 6.45) is 1.45. The Morgan fingerprint density at radius 1 is 1.22 bits per heavy atom. The second kappa shape index (κ2) is 5.51. The van der Waals surface area contributed by atoms with Gasteiger partial charge in [-0.15, -0.1) is 0 Å². The lowest BCUT2D eigenvalue weighted by molar-refractivity contribution is 0.584. The fourth-order valence-electron chi connectivity index (χ4n) is 1.19. The summed E-state index contributed by atoms with van der Waals surface area (Å²) in [6.45, 7) is 0. The van der Waals surface area contributed by atoms with E-state index in [9.17, 15) is 8.42 Å². The number of thiophene rings is 1. The fraction of sp³-hybridized carbons (Fsp3) is 0. The van der Waals surface area contributed by atoms with Gasteiger partial charge in [0.1, 0.15) is 0 Å². The molecule has 0 atom stereocenters. The summed E-state index contributed by atoms with van der Waals surface area (Å²) in [5, 5.41) is 7.92. The van der Waals surface area contributed by atoms with Gasteiger partial charge in [-0.1, -0.05) is 11.6 Å². The third kappa shape index (κ3) is 3.32. The summed E-state index contributed by atoms with van der Waals surface area (Å²) in [5.74, 6) is 0. The number of benzene rings is 1. The highest BCUT2D eigenvalue weighted by Gasteiger charge is 2.11. The molecule has 18 heavy (non-hydrogen) atoms. The highest BCUT2D eigenvalue weighted by Crippen LogP contribution is 2.13. The highest BCUT2D eigenvalue weighted by molar-refractivity contribution is 7.89. The number of hydrogen-bond donors (Lipinski definition) is 1. The van der Waals surface area contributed by atoms with Crippen LogP contribution in [-0.2, 0) is 10.0 Å². The van der Waals surface area contributed by atoms with Gasteiger partial charge in [0.25, 0.3) is 10.0 Å². The normalized spacial score (nSPS) is 11.8. The lowest BCUT2D eigenvalue weighted by Crippen LogP contribution is -2.18. The zero-order chi connectivity index (χ0) is 13.0. The summed E-state index contributed by atoms with van der Waals surface area (Å²) in [7, 11) is -3.63. The second-order valence-corrected chi connectivity index (χ2v) is 6.24. The minimum Gasteiger partial charge on any atom is -0.200 e. The van der Waals surface area contributed by atoms with Crippen LogP contribution in [0.4, 0.5) is 0 Å². The van der Waals surface area contributed by atoms with Gasteiger partial charge in [-0.2, -0.15) is 24.9 Å². The molecule has 0 aliphatic heterocycles. The molecular formula is C11H9ClN2O2S2. The number of hydrazone groups is 1. The van der Waals surface area contributed by atoms with Gasteiger partial charge in [0.15, 0.2) is 0 Å². The van der Waals surface area contributed by atoms with Crippen molar-refractivity contribution >= 4 is 39.2 Å². The first-order chi connectivity index (χ1) is 8.58. The zero-order valence-electron chi connectivity index (χ0n) is 9.08. The lowest BCUT2D eigenvalue weighted by atomic mass is 10.4. The van der Waals surface area contributed by atoms with Crippen molar-refractivity contribution in [1.29, 1.82) is 0 Å². The standard InChI is InChI=1S/C11H9ClN2O2S2/c12-10-1-3-11(4-2-10)18(15,16)14-13-7-9-5-6-17-8-9/h1-8,14H. The quantitative estimate of drug-likeness (QED) is 0.697. The molecule has 0 saturated carbocycles. The molecular weight excluding hydrogens is 292 g/mol. The largest absolute Gasteiger partial charge is 0.276 e. The molecule has 0 amide bonds. The maximum absolute atomic E-state index is 11.8. The van der Waals surface area contributed by atoms with E-state index in [0.29, 0.717) is 5.02 Å². The first-order valence-corrected chi connectivity index (χ1v) is 7.71. The van der Waals surface area contributed by atoms with E-state index in [0.717, 1.165) is 5.56 Å². The highest BCUT2D eigenvalue weighted by atomic mass is 35.5. The van der Waals surface area contributed by atoms with Gasteiger partial charge < -0.3 is 0 Å². The minimum absolute atomic E-state index is 0.120. The van der Waals surface area contributed by atoms with Gasteiger partial charge in [0.05, 0.1) is 11.1 Å². The average Bonchev–Trinajstić information content (AvgIpc) is 2.82. The first-order valence-electron chi connectivity index (χ1n) is 4.90. The fourth-order valence-corrected chi connectivity index (χ4v) is 2.71. The van der Waals surface area contributed by atoms with Gasteiger partial charge in [0, 0.05) is 10.6 Å². The maximum Gasteiger partial charge on any atom is 0.276 e. The molecule has 0 spiro atoms. The number of rotatable bonds is 4. The van der Waals surface area contributed by atoms with Crippen LogP contribution in [0.3, 0.4) is 0 Å². The molecule has 2 rings (SSSR count). The Morgan fingerprint density at radius 2 is 1.94 bits per heavy atom. The zero-order valence-corrected chi connectivity index (χ0v) is 11.5. The molecule has 0 aliphatic carbocycles. The predicted octanol–water partition coefficient (Wildman–Crippen LogP) is 2.71. The molecule has 4 nitrogen and oxygen atoms in total.